The van der Waals surface area contributed by atoms with Gasteiger partial charge in [0.2, 0.25) is 5.91 Å². The Balaban J connectivity index is 1.71. The van der Waals surface area contributed by atoms with E-state index in [1.165, 1.54) is 10.4 Å². The molecule has 0 aliphatic carbocycles. The SMILES string of the molecule is Cc1cccc(NC(=O)C2CCCN(S(=O)(=O)c3ccc(Cl)s3)C2)n1. The number of carbonyl (C=O) groups excluding carboxylic acids is 1. The fourth-order valence-corrected chi connectivity index (χ4v) is 5.94. The van der Waals surface area contributed by atoms with Crippen molar-refractivity contribution in [1.29, 1.82) is 0 Å². The summed E-state index contributed by atoms with van der Waals surface area (Å²) in [4.78, 5) is 16.8. The van der Waals surface area contributed by atoms with Crippen LogP contribution < -0.4 is 5.32 Å². The third kappa shape index (κ3) is 4.20. The molecule has 2 aromatic heterocycles. The molecule has 1 amide bonds. The van der Waals surface area contributed by atoms with Gasteiger partial charge >= 0.3 is 0 Å². The first-order valence-corrected chi connectivity index (χ1v) is 10.5. The van der Waals surface area contributed by atoms with Gasteiger partial charge in [0.25, 0.3) is 10.0 Å². The number of piperidine rings is 1. The van der Waals surface area contributed by atoms with Crippen LogP contribution in [0.15, 0.2) is 34.5 Å². The number of thiophene rings is 1. The average Bonchev–Trinajstić information content (AvgIpc) is 3.02. The van der Waals surface area contributed by atoms with Gasteiger partial charge in [-0.15, -0.1) is 11.3 Å². The highest BCUT2D eigenvalue weighted by Gasteiger charge is 2.34. The van der Waals surface area contributed by atoms with Crippen LogP contribution >= 0.6 is 22.9 Å². The van der Waals surface area contributed by atoms with Crippen LogP contribution in [0.5, 0.6) is 0 Å². The Morgan fingerprint density at radius 2 is 2.16 bits per heavy atom. The number of pyridine rings is 1. The van der Waals surface area contributed by atoms with Gasteiger partial charge in [-0.3, -0.25) is 4.79 Å². The maximum Gasteiger partial charge on any atom is 0.252 e. The molecule has 6 nitrogen and oxygen atoms in total. The van der Waals surface area contributed by atoms with E-state index in [0.29, 0.717) is 29.5 Å². The molecule has 25 heavy (non-hydrogen) atoms. The van der Waals surface area contributed by atoms with Crippen molar-refractivity contribution in [2.24, 2.45) is 5.92 Å². The summed E-state index contributed by atoms with van der Waals surface area (Å²) in [5.74, 6) is -0.126. The number of anilines is 1. The van der Waals surface area contributed by atoms with E-state index in [-0.39, 0.29) is 16.7 Å². The van der Waals surface area contributed by atoms with E-state index >= 15 is 0 Å². The molecule has 134 valence electrons. The van der Waals surface area contributed by atoms with Crippen LogP contribution in [0.4, 0.5) is 5.82 Å². The summed E-state index contributed by atoms with van der Waals surface area (Å²) in [5, 5.41) is 2.78. The first kappa shape index (κ1) is 18.3. The van der Waals surface area contributed by atoms with Crippen LogP contribution in [0.3, 0.4) is 0 Å². The molecule has 1 saturated heterocycles. The maximum atomic E-state index is 12.7. The molecule has 1 aliphatic heterocycles. The van der Waals surface area contributed by atoms with Crippen LogP contribution in [0.1, 0.15) is 18.5 Å². The van der Waals surface area contributed by atoms with Gasteiger partial charge in [-0.05, 0) is 44.0 Å². The zero-order valence-electron chi connectivity index (χ0n) is 13.6. The predicted octanol–water partition coefficient (Wildman–Crippen LogP) is 3.14. The normalized spacial score (nSPS) is 18.9. The number of hydrogen-bond donors (Lipinski definition) is 1. The van der Waals surface area contributed by atoms with Gasteiger partial charge in [0, 0.05) is 18.8 Å². The number of rotatable bonds is 4. The van der Waals surface area contributed by atoms with Gasteiger partial charge in [-0.2, -0.15) is 4.31 Å². The molecule has 0 radical (unpaired) electrons. The molecule has 9 heteroatoms. The molecule has 0 bridgehead atoms. The van der Waals surface area contributed by atoms with Crippen LogP contribution in [-0.2, 0) is 14.8 Å². The molecule has 1 aliphatic rings. The zero-order valence-corrected chi connectivity index (χ0v) is 16.0. The number of halogens is 1. The van der Waals surface area contributed by atoms with Gasteiger partial charge in [0.05, 0.1) is 10.3 Å². The molecular formula is C16H18ClN3O3S2. The first-order valence-electron chi connectivity index (χ1n) is 7.86. The molecule has 1 atom stereocenters. The summed E-state index contributed by atoms with van der Waals surface area (Å²) < 4.78 is 27.4. The minimum atomic E-state index is -3.62. The minimum Gasteiger partial charge on any atom is -0.310 e. The molecule has 2 aromatic rings. The highest BCUT2D eigenvalue weighted by Crippen LogP contribution is 2.30. The first-order chi connectivity index (χ1) is 11.9. The third-order valence-corrected chi connectivity index (χ3v) is 7.60. The van der Waals surface area contributed by atoms with Crippen molar-refractivity contribution in [3.8, 4) is 0 Å². The van der Waals surface area contributed by atoms with Gasteiger partial charge in [-0.1, -0.05) is 17.7 Å². The highest BCUT2D eigenvalue weighted by atomic mass is 35.5. The Hall–Kier alpha value is -1.48. The number of aromatic nitrogens is 1. The van der Waals surface area contributed by atoms with Gasteiger partial charge in [0.15, 0.2) is 0 Å². The van der Waals surface area contributed by atoms with Crippen molar-refractivity contribution >= 4 is 44.7 Å². The number of carbonyl (C=O) groups is 1. The zero-order chi connectivity index (χ0) is 18.0. The summed E-state index contributed by atoms with van der Waals surface area (Å²) in [6.07, 6.45) is 1.28. The van der Waals surface area contributed by atoms with E-state index in [0.717, 1.165) is 17.0 Å². The van der Waals surface area contributed by atoms with E-state index in [9.17, 15) is 13.2 Å². The van der Waals surface area contributed by atoms with Crippen molar-refractivity contribution in [3.63, 3.8) is 0 Å². The monoisotopic (exact) mass is 399 g/mol. The Morgan fingerprint density at radius 3 is 2.84 bits per heavy atom. The number of hydrogen-bond acceptors (Lipinski definition) is 5. The molecular weight excluding hydrogens is 382 g/mol. The smallest absolute Gasteiger partial charge is 0.252 e. The second kappa shape index (κ2) is 7.41. The van der Waals surface area contributed by atoms with Crippen molar-refractivity contribution in [3.05, 3.63) is 40.4 Å². The van der Waals surface area contributed by atoms with E-state index in [1.54, 1.807) is 12.1 Å². The lowest BCUT2D eigenvalue weighted by Crippen LogP contribution is -2.43. The topological polar surface area (TPSA) is 79.4 Å². The summed E-state index contributed by atoms with van der Waals surface area (Å²) in [6, 6.07) is 8.45. The maximum absolute atomic E-state index is 12.7. The largest absolute Gasteiger partial charge is 0.310 e. The molecule has 0 aromatic carbocycles. The lowest BCUT2D eigenvalue weighted by molar-refractivity contribution is -0.120. The standard InChI is InChI=1S/C16H18ClN3O3S2/c1-11-4-2-6-14(18-11)19-16(21)12-5-3-9-20(10-12)25(22,23)15-8-7-13(17)24-15/h2,4,6-8,12H,3,5,9-10H2,1H3,(H,18,19,21). The number of amides is 1. The summed E-state index contributed by atoms with van der Waals surface area (Å²) in [6.45, 7) is 2.41. The van der Waals surface area contributed by atoms with Gasteiger partial charge in [0.1, 0.15) is 10.0 Å². The molecule has 1 N–H and O–H groups in total. The van der Waals surface area contributed by atoms with E-state index in [1.807, 2.05) is 19.1 Å². The molecule has 3 rings (SSSR count). The number of sulfonamides is 1. The fourth-order valence-electron chi connectivity index (χ4n) is 2.78. The molecule has 1 unspecified atom stereocenters. The van der Waals surface area contributed by atoms with E-state index < -0.39 is 15.9 Å². The molecule has 3 heterocycles. The van der Waals surface area contributed by atoms with Crippen LogP contribution in [0.2, 0.25) is 4.34 Å². The van der Waals surface area contributed by atoms with E-state index in [4.69, 9.17) is 11.6 Å². The summed E-state index contributed by atoms with van der Waals surface area (Å²) in [5.41, 5.74) is 0.806. The van der Waals surface area contributed by atoms with Crippen molar-refractivity contribution in [1.82, 2.24) is 9.29 Å². The minimum absolute atomic E-state index is 0.162. The van der Waals surface area contributed by atoms with Crippen molar-refractivity contribution < 1.29 is 13.2 Å². The second-order valence-electron chi connectivity index (χ2n) is 5.91. The lowest BCUT2D eigenvalue weighted by atomic mass is 9.99. The highest BCUT2D eigenvalue weighted by molar-refractivity contribution is 7.91. The van der Waals surface area contributed by atoms with Crippen molar-refractivity contribution in [2.45, 2.75) is 24.0 Å². The third-order valence-electron chi connectivity index (χ3n) is 4.04. The Bertz CT molecular complexity index is 882. The molecule has 0 saturated carbocycles. The molecule has 1 fully saturated rings. The van der Waals surface area contributed by atoms with E-state index in [2.05, 4.69) is 10.3 Å². The Labute approximate surface area is 155 Å². The van der Waals surface area contributed by atoms with Gasteiger partial charge < -0.3 is 5.32 Å². The molecule has 0 spiro atoms. The van der Waals surface area contributed by atoms with Crippen LogP contribution in [-0.4, -0.2) is 36.7 Å². The number of aryl methyl sites for hydroxylation is 1. The summed E-state index contributed by atoms with van der Waals surface area (Å²) >= 11 is 6.88. The van der Waals surface area contributed by atoms with Gasteiger partial charge in [-0.25, -0.2) is 13.4 Å². The number of nitrogens with one attached hydrogen (secondary N) is 1. The van der Waals surface area contributed by atoms with Crippen molar-refractivity contribution in [2.75, 3.05) is 18.4 Å². The second-order valence-corrected chi connectivity index (χ2v) is 9.79. The average molecular weight is 400 g/mol. The Kier molecular flexibility index (Phi) is 5.43. The Morgan fingerprint density at radius 1 is 1.36 bits per heavy atom. The van der Waals surface area contributed by atoms with Crippen LogP contribution in [0.25, 0.3) is 0 Å². The lowest BCUT2D eigenvalue weighted by Gasteiger charge is -2.30. The van der Waals surface area contributed by atoms with Crippen LogP contribution in [0, 0.1) is 12.8 Å². The fraction of sp³-hybridized carbons (Fsp3) is 0.375. The quantitative estimate of drug-likeness (QED) is 0.856. The number of nitrogens with zero attached hydrogens (tertiary/aromatic N) is 2. The predicted molar refractivity (Wildman–Crippen MR) is 98.4 cm³/mol. The summed E-state index contributed by atoms with van der Waals surface area (Å²) in [7, 11) is -3.62.